The van der Waals surface area contributed by atoms with E-state index in [0.29, 0.717) is 5.69 Å². The van der Waals surface area contributed by atoms with E-state index in [1.807, 2.05) is 12.1 Å². The fourth-order valence-corrected chi connectivity index (χ4v) is 6.33. The van der Waals surface area contributed by atoms with Gasteiger partial charge in [0.25, 0.3) is 0 Å². The second-order valence-electron chi connectivity index (χ2n) is 8.30. The Balaban J connectivity index is 1.75. The van der Waals surface area contributed by atoms with Gasteiger partial charge in [-0.25, -0.2) is 16.8 Å². The zero-order valence-corrected chi connectivity index (χ0v) is 19.1. The molecule has 0 spiro atoms. The van der Waals surface area contributed by atoms with E-state index < -0.39 is 20.0 Å². The lowest BCUT2D eigenvalue weighted by Gasteiger charge is -2.33. The zero-order chi connectivity index (χ0) is 21.6. The molecule has 1 aliphatic heterocycles. The van der Waals surface area contributed by atoms with Gasteiger partial charge in [0.2, 0.25) is 20.0 Å². The number of nitrogens with zero attached hydrogens (tertiary/aromatic N) is 4. The van der Waals surface area contributed by atoms with Crippen LogP contribution in [0.5, 0.6) is 0 Å². The zero-order valence-electron chi connectivity index (χ0n) is 17.5. The third kappa shape index (κ3) is 4.11. The van der Waals surface area contributed by atoms with Crippen LogP contribution in [-0.2, 0) is 32.5 Å². The molecule has 160 valence electrons. The molecule has 10 heteroatoms. The van der Waals surface area contributed by atoms with Crippen molar-refractivity contribution in [3.63, 3.8) is 0 Å². The van der Waals surface area contributed by atoms with E-state index in [1.165, 1.54) is 19.5 Å². The van der Waals surface area contributed by atoms with Gasteiger partial charge in [-0.2, -0.15) is 13.7 Å². The van der Waals surface area contributed by atoms with Crippen LogP contribution in [0.1, 0.15) is 32.0 Å². The van der Waals surface area contributed by atoms with E-state index in [0.717, 1.165) is 5.56 Å². The van der Waals surface area contributed by atoms with Gasteiger partial charge in [0.15, 0.2) is 0 Å². The van der Waals surface area contributed by atoms with E-state index in [1.54, 1.807) is 26.1 Å². The number of sulfonamides is 2. The van der Waals surface area contributed by atoms with Gasteiger partial charge in [-0.05, 0) is 30.0 Å². The molecule has 8 nitrogen and oxygen atoms in total. The SMILES string of the molecule is Cc1c(S(=O)(=O)N2CCN(S(=O)(=O)c3ccc(C(C)(C)C)cc3)CC2)cnn1C. The molecule has 1 aromatic heterocycles. The summed E-state index contributed by atoms with van der Waals surface area (Å²) in [7, 11) is -5.68. The number of hydrogen-bond donors (Lipinski definition) is 0. The summed E-state index contributed by atoms with van der Waals surface area (Å²) in [6, 6.07) is 6.91. The molecule has 2 aromatic rings. The Bertz CT molecular complexity index is 1090. The monoisotopic (exact) mass is 440 g/mol. The summed E-state index contributed by atoms with van der Waals surface area (Å²) in [5, 5.41) is 4.00. The van der Waals surface area contributed by atoms with Crippen molar-refractivity contribution in [1.29, 1.82) is 0 Å². The molecule has 3 rings (SSSR count). The van der Waals surface area contributed by atoms with Gasteiger partial charge < -0.3 is 0 Å². The Morgan fingerprint density at radius 1 is 0.862 bits per heavy atom. The van der Waals surface area contributed by atoms with Crippen molar-refractivity contribution >= 4 is 20.0 Å². The number of benzene rings is 1. The highest BCUT2D eigenvalue weighted by Crippen LogP contribution is 2.26. The minimum atomic E-state index is -3.70. The average molecular weight is 441 g/mol. The van der Waals surface area contributed by atoms with Crippen molar-refractivity contribution in [1.82, 2.24) is 18.4 Å². The minimum Gasteiger partial charge on any atom is -0.272 e. The molecule has 0 saturated carbocycles. The average Bonchev–Trinajstić information content (AvgIpc) is 3.01. The molecule has 2 heterocycles. The number of rotatable bonds is 4. The first kappa shape index (κ1) is 21.9. The third-order valence-electron chi connectivity index (χ3n) is 5.36. The maximum absolute atomic E-state index is 13.0. The lowest BCUT2D eigenvalue weighted by molar-refractivity contribution is 0.272. The minimum absolute atomic E-state index is 0.0628. The first-order valence-corrected chi connectivity index (χ1v) is 12.3. The van der Waals surface area contributed by atoms with Crippen molar-refractivity contribution in [3.05, 3.63) is 41.7 Å². The lowest BCUT2D eigenvalue weighted by atomic mass is 9.87. The molecule has 29 heavy (non-hydrogen) atoms. The molecular formula is C19H28N4O4S2. The topological polar surface area (TPSA) is 92.6 Å². The molecule has 0 radical (unpaired) electrons. The van der Waals surface area contributed by atoms with Crippen molar-refractivity contribution in [2.45, 2.75) is 42.9 Å². The van der Waals surface area contributed by atoms with Crippen LogP contribution in [0.3, 0.4) is 0 Å². The van der Waals surface area contributed by atoms with Crippen LogP contribution in [0.4, 0.5) is 0 Å². The quantitative estimate of drug-likeness (QED) is 0.722. The highest BCUT2D eigenvalue weighted by atomic mass is 32.2. The Morgan fingerprint density at radius 2 is 1.34 bits per heavy atom. The van der Waals surface area contributed by atoms with E-state index in [2.05, 4.69) is 25.9 Å². The van der Waals surface area contributed by atoms with E-state index in [-0.39, 0.29) is 41.4 Å². The van der Waals surface area contributed by atoms with Crippen LogP contribution in [0.25, 0.3) is 0 Å². The summed E-state index contributed by atoms with van der Waals surface area (Å²) in [6.45, 7) is 8.35. The highest BCUT2D eigenvalue weighted by molar-refractivity contribution is 7.89. The van der Waals surface area contributed by atoms with Crippen LogP contribution >= 0.6 is 0 Å². The molecule has 1 fully saturated rings. The Morgan fingerprint density at radius 3 is 1.76 bits per heavy atom. The first-order valence-electron chi connectivity index (χ1n) is 9.44. The standard InChI is InChI=1S/C19H28N4O4S2/c1-15-18(14-20-21(15)5)29(26,27)23-12-10-22(11-13-23)28(24,25)17-8-6-16(7-9-17)19(2,3)4/h6-9,14H,10-13H2,1-5H3. The predicted molar refractivity (Wildman–Crippen MR) is 111 cm³/mol. The van der Waals surface area contributed by atoms with Crippen LogP contribution in [0, 0.1) is 6.92 Å². The smallest absolute Gasteiger partial charge is 0.246 e. The molecule has 1 saturated heterocycles. The van der Waals surface area contributed by atoms with E-state index in [9.17, 15) is 16.8 Å². The molecule has 0 N–H and O–H groups in total. The van der Waals surface area contributed by atoms with E-state index in [4.69, 9.17) is 0 Å². The van der Waals surface area contributed by atoms with Crippen molar-refractivity contribution < 1.29 is 16.8 Å². The third-order valence-corrected chi connectivity index (χ3v) is 9.28. The summed E-state index contributed by atoms with van der Waals surface area (Å²) in [5.74, 6) is 0. The van der Waals surface area contributed by atoms with Gasteiger partial charge in [0.05, 0.1) is 16.8 Å². The summed E-state index contributed by atoms with van der Waals surface area (Å²) in [6.07, 6.45) is 1.34. The maximum atomic E-state index is 13.0. The maximum Gasteiger partial charge on any atom is 0.246 e. The predicted octanol–water partition coefficient (Wildman–Crippen LogP) is 1.72. The Hall–Kier alpha value is -1.75. The first-order chi connectivity index (χ1) is 13.3. The van der Waals surface area contributed by atoms with Gasteiger partial charge in [0.1, 0.15) is 4.90 Å². The van der Waals surface area contributed by atoms with Gasteiger partial charge in [0, 0.05) is 33.2 Å². The second-order valence-corrected chi connectivity index (χ2v) is 12.1. The van der Waals surface area contributed by atoms with Crippen LogP contribution in [-0.4, -0.2) is 61.4 Å². The summed E-state index contributed by atoms with van der Waals surface area (Å²) in [4.78, 5) is 0.388. The largest absolute Gasteiger partial charge is 0.272 e. The number of aromatic nitrogens is 2. The fraction of sp³-hybridized carbons (Fsp3) is 0.526. The molecule has 0 unspecified atom stereocenters. The second kappa shape index (κ2) is 7.50. The van der Waals surface area contributed by atoms with Crippen LogP contribution < -0.4 is 0 Å². The van der Waals surface area contributed by atoms with Gasteiger partial charge in [-0.1, -0.05) is 32.9 Å². The highest BCUT2D eigenvalue weighted by Gasteiger charge is 2.35. The van der Waals surface area contributed by atoms with Crippen LogP contribution in [0.2, 0.25) is 0 Å². The van der Waals surface area contributed by atoms with Crippen molar-refractivity contribution in [2.24, 2.45) is 7.05 Å². The fourth-order valence-electron chi connectivity index (χ4n) is 3.30. The van der Waals surface area contributed by atoms with Crippen LogP contribution in [0.15, 0.2) is 40.3 Å². The molecule has 0 bridgehead atoms. The summed E-state index contributed by atoms with van der Waals surface area (Å²) < 4.78 is 55.9. The molecule has 0 amide bonds. The Kier molecular flexibility index (Phi) is 5.67. The summed E-state index contributed by atoms with van der Waals surface area (Å²) >= 11 is 0. The number of piperazine rings is 1. The van der Waals surface area contributed by atoms with Crippen molar-refractivity contribution in [2.75, 3.05) is 26.2 Å². The van der Waals surface area contributed by atoms with Gasteiger partial charge in [-0.15, -0.1) is 0 Å². The molecule has 0 aliphatic carbocycles. The molecule has 1 aliphatic rings. The van der Waals surface area contributed by atoms with Gasteiger partial charge in [-0.3, -0.25) is 4.68 Å². The Labute approximate surface area is 173 Å². The normalized spacial score (nSPS) is 17.6. The number of aryl methyl sites for hydroxylation is 1. The molecule has 0 atom stereocenters. The molecular weight excluding hydrogens is 412 g/mol. The van der Waals surface area contributed by atoms with Crippen molar-refractivity contribution in [3.8, 4) is 0 Å². The number of hydrogen-bond acceptors (Lipinski definition) is 5. The summed E-state index contributed by atoms with van der Waals surface area (Å²) in [5.41, 5.74) is 1.55. The molecule has 1 aromatic carbocycles. The van der Waals surface area contributed by atoms with E-state index >= 15 is 0 Å². The lowest BCUT2D eigenvalue weighted by Crippen LogP contribution is -2.50. The van der Waals surface area contributed by atoms with Gasteiger partial charge >= 0.3 is 0 Å².